The van der Waals surface area contributed by atoms with Crippen molar-refractivity contribution >= 4 is 17.1 Å². The van der Waals surface area contributed by atoms with Gasteiger partial charge in [-0.25, -0.2) is 9.98 Å². The maximum absolute atomic E-state index is 11.7. The summed E-state index contributed by atoms with van der Waals surface area (Å²) >= 11 is 0. The first-order valence-corrected chi connectivity index (χ1v) is 14.1. The third-order valence-corrected chi connectivity index (χ3v) is 9.77. The van der Waals surface area contributed by atoms with Crippen LogP contribution < -0.4 is 10.5 Å². The van der Waals surface area contributed by atoms with Gasteiger partial charge in [-0.3, -0.25) is 9.69 Å². The highest BCUT2D eigenvalue weighted by molar-refractivity contribution is 6.07. The molecule has 2 aliphatic carbocycles. The molecule has 5 aliphatic rings. The van der Waals surface area contributed by atoms with Crippen LogP contribution in [-0.4, -0.2) is 56.1 Å². The molecule has 0 amide bonds. The summed E-state index contributed by atoms with van der Waals surface area (Å²) < 4.78 is 0. The van der Waals surface area contributed by atoms with Gasteiger partial charge in [0.15, 0.2) is 6.23 Å². The molecule has 4 fully saturated rings. The van der Waals surface area contributed by atoms with Crippen LogP contribution in [0.2, 0.25) is 0 Å². The second kappa shape index (κ2) is 9.10. The Morgan fingerprint density at radius 1 is 0.861 bits per heavy atom. The molecule has 1 aromatic heterocycles. The average Bonchev–Trinajstić information content (AvgIpc) is 2.88. The summed E-state index contributed by atoms with van der Waals surface area (Å²) in [5.41, 5.74) is 2.64. The van der Waals surface area contributed by atoms with E-state index in [4.69, 9.17) is 4.99 Å². The summed E-state index contributed by atoms with van der Waals surface area (Å²) in [6.07, 6.45) is 16.6. The average molecular weight is 488 g/mol. The fourth-order valence-electron chi connectivity index (χ4n) is 8.45. The molecular formula is C29H37N5O2. The number of fused-ring (bicyclic) bond motifs is 5. The smallest absolute Gasteiger partial charge is 0.266 e. The minimum Gasteiger partial charge on any atom is -0.368 e. The van der Waals surface area contributed by atoms with E-state index in [0.717, 1.165) is 42.1 Å². The summed E-state index contributed by atoms with van der Waals surface area (Å²) in [6.45, 7) is 0. The maximum Gasteiger partial charge on any atom is 0.266 e. The van der Waals surface area contributed by atoms with Gasteiger partial charge in [-0.05, 0) is 68.9 Å². The van der Waals surface area contributed by atoms with Crippen LogP contribution in [0.4, 0.5) is 11.4 Å². The number of para-hydroxylation sites is 2. The number of rotatable bonds is 3. The Morgan fingerprint density at radius 3 is 2.31 bits per heavy atom. The van der Waals surface area contributed by atoms with Crippen molar-refractivity contribution in [3.05, 3.63) is 52.7 Å². The summed E-state index contributed by atoms with van der Waals surface area (Å²) in [6, 6.07) is 10.3. The minimum atomic E-state index is -0.885. The Balaban J connectivity index is 1.19. The molecule has 0 radical (unpaired) electrons. The lowest BCUT2D eigenvalue weighted by Crippen LogP contribution is -2.63. The number of nitrogens with one attached hydrogen (secondary N) is 1. The first-order valence-electron chi connectivity index (χ1n) is 14.1. The number of hydrogen-bond acceptors (Lipinski definition) is 6. The molecule has 1 aromatic carbocycles. The second-order valence-corrected chi connectivity index (χ2v) is 11.9. The van der Waals surface area contributed by atoms with Gasteiger partial charge in [0.05, 0.1) is 17.6 Å². The number of nitrogens with zero attached hydrogens (tertiary/aromatic N) is 4. The Morgan fingerprint density at radius 2 is 1.58 bits per heavy atom. The summed E-state index contributed by atoms with van der Waals surface area (Å²) in [5.74, 6) is 1.89. The van der Waals surface area contributed by atoms with E-state index in [1.807, 2.05) is 18.2 Å². The quantitative estimate of drug-likeness (QED) is 0.671. The highest BCUT2D eigenvalue weighted by Crippen LogP contribution is 2.47. The topological polar surface area (TPSA) is 84.8 Å². The molecule has 0 spiro atoms. The molecule has 7 rings (SSSR count). The lowest BCUT2D eigenvalue weighted by atomic mass is 9.68. The molecule has 2 aromatic rings. The van der Waals surface area contributed by atoms with Gasteiger partial charge in [-0.1, -0.05) is 37.8 Å². The zero-order valence-corrected chi connectivity index (χ0v) is 20.9. The fraction of sp³-hybridized carbons (Fsp3) is 0.621. The van der Waals surface area contributed by atoms with Crippen molar-refractivity contribution in [3.63, 3.8) is 0 Å². The van der Waals surface area contributed by atoms with E-state index in [0.29, 0.717) is 23.5 Å². The van der Waals surface area contributed by atoms with E-state index in [1.54, 1.807) is 6.20 Å². The maximum atomic E-state index is 11.7. The van der Waals surface area contributed by atoms with Crippen LogP contribution >= 0.6 is 0 Å². The van der Waals surface area contributed by atoms with Crippen molar-refractivity contribution in [2.45, 2.75) is 101 Å². The molecule has 190 valence electrons. The molecule has 7 heteroatoms. The zero-order valence-electron chi connectivity index (χ0n) is 20.9. The van der Waals surface area contributed by atoms with Crippen LogP contribution in [0.3, 0.4) is 0 Å². The third-order valence-electron chi connectivity index (χ3n) is 9.77. The van der Waals surface area contributed by atoms with Gasteiger partial charge in [-0.15, -0.1) is 0 Å². The van der Waals surface area contributed by atoms with E-state index in [2.05, 4.69) is 25.8 Å². The molecule has 36 heavy (non-hydrogen) atoms. The molecule has 2 saturated heterocycles. The second-order valence-electron chi connectivity index (χ2n) is 11.9. The number of aliphatic imine (C=N–C) groups is 1. The Kier molecular flexibility index (Phi) is 5.73. The van der Waals surface area contributed by atoms with Crippen molar-refractivity contribution in [2.24, 2.45) is 16.8 Å². The number of hydrogen-bond donors (Lipinski definition) is 2. The Bertz CT molecular complexity index is 1160. The van der Waals surface area contributed by atoms with Gasteiger partial charge in [0.1, 0.15) is 11.4 Å². The van der Waals surface area contributed by atoms with E-state index in [9.17, 15) is 9.90 Å². The van der Waals surface area contributed by atoms with Crippen LogP contribution in [0.1, 0.15) is 76.3 Å². The van der Waals surface area contributed by atoms with E-state index < -0.39 is 6.23 Å². The van der Waals surface area contributed by atoms with Crippen LogP contribution in [0.5, 0.6) is 0 Å². The SMILES string of the molecule is O=c1cnc(C2=Nc3ccccc3N(C3C[C@H]4CCC[C@@H](C3)N4C3C[C@H]4CCC[C@@H](C3)C4)C2O)c[nH]1. The number of anilines is 1. The molecule has 7 nitrogen and oxygen atoms in total. The first-order chi connectivity index (χ1) is 17.6. The number of benzene rings is 1. The Labute approximate surface area is 212 Å². The van der Waals surface area contributed by atoms with Crippen molar-refractivity contribution in [1.82, 2.24) is 14.9 Å². The molecule has 4 heterocycles. The normalized spacial score (nSPS) is 36.2. The predicted octanol–water partition coefficient (Wildman–Crippen LogP) is 4.38. The van der Waals surface area contributed by atoms with Crippen LogP contribution in [0.15, 0.2) is 46.4 Å². The highest BCUT2D eigenvalue weighted by Gasteiger charge is 2.47. The number of H-pyrrole nitrogens is 1. The summed E-state index contributed by atoms with van der Waals surface area (Å²) in [4.78, 5) is 28.6. The standard InChI is InChI=1S/C29H37N5O2/c35-27-17-30-25(16-31-27)28-29(36)34(26-10-2-1-9-24(26)32-28)23-14-20-7-4-8-21(15-23)33(20)22-12-18-5-3-6-19(11-18)13-22/h1-2,9-10,16-23,29,36H,3-8,11-15H2,(H,31,35)/t18-,19+,20-,21+,22?,23?,29?. The number of aliphatic hydroxyl groups excluding tert-OH is 1. The van der Waals surface area contributed by atoms with Gasteiger partial charge in [0.2, 0.25) is 0 Å². The number of aromatic amines is 1. The van der Waals surface area contributed by atoms with Crippen molar-refractivity contribution < 1.29 is 5.11 Å². The van der Waals surface area contributed by atoms with Crippen molar-refractivity contribution in [2.75, 3.05) is 4.90 Å². The number of piperidine rings is 2. The monoisotopic (exact) mass is 487 g/mol. The molecule has 3 aliphatic heterocycles. The molecule has 4 bridgehead atoms. The van der Waals surface area contributed by atoms with Gasteiger partial charge < -0.3 is 15.0 Å². The lowest BCUT2D eigenvalue weighted by Gasteiger charge is -2.57. The van der Waals surface area contributed by atoms with Gasteiger partial charge in [0, 0.05) is 30.4 Å². The van der Waals surface area contributed by atoms with Crippen molar-refractivity contribution in [1.29, 1.82) is 0 Å². The van der Waals surface area contributed by atoms with Crippen molar-refractivity contribution in [3.8, 4) is 0 Å². The van der Waals surface area contributed by atoms with E-state index >= 15 is 0 Å². The van der Waals surface area contributed by atoms with Gasteiger partial charge in [0.25, 0.3) is 5.56 Å². The van der Waals surface area contributed by atoms with E-state index in [1.165, 1.54) is 64.0 Å². The predicted molar refractivity (Wildman–Crippen MR) is 141 cm³/mol. The summed E-state index contributed by atoms with van der Waals surface area (Å²) in [5, 5.41) is 11.7. The van der Waals surface area contributed by atoms with E-state index in [-0.39, 0.29) is 11.6 Å². The molecule has 3 unspecified atom stereocenters. The first kappa shape index (κ1) is 22.7. The largest absolute Gasteiger partial charge is 0.368 e. The van der Waals surface area contributed by atoms with Gasteiger partial charge >= 0.3 is 0 Å². The number of aliphatic hydroxyl groups is 1. The molecule has 2 saturated carbocycles. The fourth-order valence-corrected chi connectivity index (χ4v) is 8.45. The molecule has 2 N–H and O–H groups in total. The highest BCUT2D eigenvalue weighted by atomic mass is 16.3. The van der Waals surface area contributed by atoms with Gasteiger partial charge in [-0.2, -0.15) is 0 Å². The van der Waals surface area contributed by atoms with Crippen LogP contribution in [0, 0.1) is 11.8 Å². The molecular weight excluding hydrogens is 450 g/mol. The zero-order chi connectivity index (χ0) is 24.2. The van der Waals surface area contributed by atoms with Crippen LogP contribution in [-0.2, 0) is 0 Å². The minimum absolute atomic E-state index is 0.254. The van der Waals surface area contributed by atoms with Crippen LogP contribution in [0.25, 0.3) is 0 Å². The number of aromatic nitrogens is 2. The summed E-state index contributed by atoms with van der Waals surface area (Å²) in [7, 11) is 0. The lowest BCUT2D eigenvalue weighted by molar-refractivity contribution is -0.0430. The third kappa shape index (κ3) is 3.91. The molecule has 7 atom stereocenters. The Hall–Kier alpha value is -2.51.